The highest BCUT2D eigenvalue weighted by Gasteiger charge is 1.97. The van der Waals surface area contributed by atoms with Gasteiger partial charge in [0.05, 0.1) is 0 Å². The number of pyridine rings is 1. The van der Waals surface area contributed by atoms with E-state index >= 15 is 0 Å². The third kappa shape index (κ3) is 3.66. The molecule has 0 saturated heterocycles. The first kappa shape index (κ1) is 11.0. The Morgan fingerprint density at radius 3 is 3.13 bits per heavy atom. The largest absolute Gasteiger partial charge is 0.381 e. The molecule has 1 aromatic heterocycles. The Bertz CT molecular complexity index is 409. The van der Waals surface area contributed by atoms with Crippen LogP contribution in [0.2, 0.25) is 0 Å². The molecule has 1 rings (SSSR count). The second-order valence-corrected chi connectivity index (χ2v) is 2.78. The molecule has 0 bridgehead atoms. The molecule has 0 aliphatic carbocycles. The van der Waals surface area contributed by atoms with Crippen LogP contribution in [0.15, 0.2) is 23.5 Å². The fourth-order valence-corrected chi connectivity index (χ4v) is 0.951. The van der Waals surface area contributed by atoms with Crippen LogP contribution in [-0.2, 0) is 0 Å². The highest BCUT2D eigenvalue weighted by Crippen LogP contribution is 2.09. The maximum atomic E-state index is 12.9. The second kappa shape index (κ2) is 5.62. The Kier molecular flexibility index (Phi) is 4.12. The molecular formula is C9H10FN5. The van der Waals surface area contributed by atoms with Crippen LogP contribution in [0.5, 0.6) is 0 Å². The van der Waals surface area contributed by atoms with E-state index in [1.54, 1.807) is 12.2 Å². The van der Waals surface area contributed by atoms with E-state index in [2.05, 4.69) is 15.0 Å². The van der Waals surface area contributed by atoms with Crippen LogP contribution >= 0.6 is 0 Å². The van der Waals surface area contributed by atoms with Gasteiger partial charge >= 0.3 is 0 Å². The lowest BCUT2D eigenvalue weighted by molar-refractivity contribution is 0.627. The molecule has 2 N–H and O–H groups in total. The highest BCUT2D eigenvalue weighted by atomic mass is 19.1. The molecule has 1 aromatic rings. The van der Waals surface area contributed by atoms with E-state index in [1.807, 2.05) is 0 Å². The minimum Gasteiger partial charge on any atom is -0.381 e. The van der Waals surface area contributed by atoms with Gasteiger partial charge in [-0.25, -0.2) is 9.37 Å². The average Bonchev–Trinajstić information content (AvgIpc) is 2.23. The quantitative estimate of drug-likeness (QED) is 0.356. The summed E-state index contributed by atoms with van der Waals surface area (Å²) in [5, 5.41) is 3.35. The van der Waals surface area contributed by atoms with Crippen LogP contribution < -0.4 is 5.73 Å². The molecule has 0 fully saturated rings. The normalized spacial score (nSPS) is 10.2. The summed E-state index contributed by atoms with van der Waals surface area (Å²) >= 11 is 0. The van der Waals surface area contributed by atoms with Crippen molar-refractivity contribution in [3.63, 3.8) is 0 Å². The van der Waals surface area contributed by atoms with Crippen molar-refractivity contribution in [2.75, 3.05) is 12.3 Å². The molecule has 0 aromatic carbocycles. The molecule has 78 valence electrons. The summed E-state index contributed by atoms with van der Waals surface area (Å²) in [6, 6.07) is 1.30. The molecule has 0 atom stereocenters. The van der Waals surface area contributed by atoms with E-state index in [9.17, 15) is 4.39 Å². The fourth-order valence-electron chi connectivity index (χ4n) is 0.951. The molecule has 0 radical (unpaired) electrons. The van der Waals surface area contributed by atoms with Crippen molar-refractivity contribution in [2.45, 2.75) is 6.42 Å². The maximum Gasteiger partial charge on any atom is 0.165 e. The van der Waals surface area contributed by atoms with Gasteiger partial charge in [0.1, 0.15) is 0 Å². The zero-order valence-electron chi connectivity index (χ0n) is 7.97. The van der Waals surface area contributed by atoms with Crippen molar-refractivity contribution in [2.24, 2.45) is 5.11 Å². The van der Waals surface area contributed by atoms with Gasteiger partial charge in [0.25, 0.3) is 0 Å². The molecule has 0 aliphatic heterocycles. The SMILES string of the molecule is [N-]=[N+]=NCCC=Cc1cnc(N)c(F)c1. The Hall–Kier alpha value is -2.07. The van der Waals surface area contributed by atoms with Gasteiger partial charge in [-0.2, -0.15) is 0 Å². The zero-order chi connectivity index (χ0) is 11.1. The van der Waals surface area contributed by atoms with E-state index in [1.165, 1.54) is 12.3 Å². The minimum atomic E-state index is -0.535. The zero-order valence-corrected chi connectivity index (χ0v) is 7.97. The van der Waals surface area contributed by atoms with E-state index in [0.29, 0.717) is 18.5 Å². The van der Waals surface area contributed by atoms with Gasteiger partial charge in [-0.05, 0) is 23.6 Å². The first-order valence-corrected chi connectivity index (χ1v) is 4.32. The Morgan fingerprint density at radius 1 is 1.67 bits per heavy atom. The predicted molar refractivity (Wildman–Crippen MR) is 56.3 cm³/mol. The molecular weight excluding hydrogens is 197 g/mol. The number of hydrogen-bond acceptors (Lipinski definition) is 3. The van der Waals surface area contributed by atoms with Gasteiger partial charge < -0.3 is 5.73 Å². The van der Waals surface area contributed by atoms with Crippen molar-refractivity contribution in [1.82, 2.24) is 4.98 Å². The average molecular weight is 207 g/mol. The number of hydrogen-bond donors (Lipinski definition) is 1. The standard InChI is InChI=1S/C9H10FN5/c10-8-5-7(6-13-9(8)11)3-1-2-4-14-15-12/h1,3,5-6H,2,4H2,(H2,11,13). The van der Waals surface area contributed by atoms with Gasteiger partial charge in [-0.3, -0.25) is 0 Å². The van der Waals surface area contributed by atoms with E-state index in [4.69, 9.17) is 11.3 Å². The molecule has 6 heteroatoms. The molecule has 0 spiro atoms. The summed E-state index contributed by atoms with van der Waals surface area (Å²) in [6.07, 6.45) is 5.56. The summed E-state index contributed by atoms with van der Waals surface area (Å²) in [5.41, 5.74) is 13.9. The Labute approximate surface area is 86.1 Å². The van der Waals surface area contributed by atoms with E-state index in [0.717, 1.165) is 0 Å². The van der Waals surface area contributed by atoms with Gasteiger partial charge in [-0.1, -0.05) is 17.3 Å². The van der Waals surface area contributed by atoms with E-state index in [-0.39, 0.29) is 5.82 Å². The Morgan fingerprint density at radius 2 is 2.47 bits per heavy atom. The number of aromatic nitrogens is 1. The van der Waals surface area contributed by atoms with Crippen molar-refractivity contribution in [3.8, 4) is 0 Å². The predicted octanol–water partition coefficient (Wildman–Crippen LogP) is 2.52. The van der Waals surface area contributed by atoms with Crippen molar-refractivity contribution in [1.29, 1.82) is 0 Å². The first-order valence-electron chi connectivity index (χ1n) is 4.32. The van der Waals surface area contributed by atoms with Crippen LogP contribution in [-0.4, -0.2) is 11.5 Å². The van der Waals surface area contributed by atoms with Gasteiger partial charge in [-0.15, -0.1) is 0 Å². The lowest BCUT2D eigenvalue weighted by Crippen LogP contribution is -1.94. The summed E-state index contributed by atoms with van der Waals surface area (Å²) in [7, 11) is 0. The molecule has 0 saturated carbocycles. The number of nitrogens with two attached hydrogens (primary N) is 1. The highest BCUT2D eigenvalue weighted by molar-refractivity contribution is 5.50. The van der Waals surface area contributed by atoms with Crippen LogP contribution in [0.25, 0.3) is 16.5 Å². The second-order valence-electron chi connectivity index (χ2n) is 2.78. The van der Waals surface area contributed by atoms with Crippen LogP contribution in [0.4, 0.5) is 10.2 Å². The molecule has 15 heavy (non-hydrogen) atoms. The van der Waals surface area contributed by atoms with Gasteiger partial charge in [0.15, 0.2) is 11.6 Å². The van der Waals surface area contributed by atoms with Crippen LogP contribution in [0.3, 0.4) is 0 Å². The number of anilines is 1. The van der Waals surface area contributed by atoms with Crippen molar-refractivity contribution in [3.05, 3.63) is 40.2 Å². The number of azide groups is 1. The van der Waals surface area contributed by atoms with Crippen molar-refractivity contribution < 1.29 is 4.39 Å². The molecule has 5 nitrogen and oxygen atoms in total. The van der Waals surface area contributed by atoms with Crippen LogP contribution in [0, 0.1) is 5.82 Å². The smallest absolute Gasteiger partial charge is 0.165 e. The Balaban J connectivity index is 2.56. The topological polar surface area (TPSA) is 87.7 Å². The molecule has 1 heterocycles. The van der Waals surface area contributed by atoms with Gasteiger partial charge in [0, 0.05) is 17.7 Å². The summed E-state index contributed by atoms with van der Waals surface area (Å²) in [5.74, 6) is -0.645. The first-order chi connectivity index (χ1) is 7.24. The number of nitrogen functional groups attached to an aromatic ring is 1. The third-order valence-electron chi connectivity index (χ3n) is 1.66. The molecule has 0 unspecified atom stereocenters. The summed E-state index contributed by atoms with van der Waals surface area (Å²) < 4.78 is 12.9. The summed E-state index contributed by atoms with van der Waals surface area (Å²) in [4.78, 5) is 6.27. The van der Waals surface area contributed by atoms with E-state index < -0.39 is 5.82 Å². The fraction of sp³-hybridized carbons (Fsp3) is 0.222. The van der Waals surface area contributed by atoms with Crippen molar-refractivity contribution >= 4 is 11.9 Å². The summed E-state index contributed by atoms with van der Waals surface area (Å²) in [6.45, 7) is 0.387. The maximum absolute atomic E-state index is 12.9. The number of halogens is 1. The number of rotatable bonds is 4. The third-order valence-corrected chi connectivity index (χ3v) is 1.66. The molecule has 0 aliphatic rings. The lowest BCUT2D eigenvalue weighted by atomic mass is 10.2. The van der Waals surface area contributed by atoms with Crippen LogP contribution in [0.1, 0.15) is 12.0 Å². The lowest BCUT2D eigenvalue weighted by Gasteiger charge is -1.96. The van der Waals surface area contributed by atoms with Gasteiger partial charge in [0.2, 0.25) is 0 Å². The molecule has 0 amide bonds. The minimum absolute atomic E-state index is 0.110. The monoisotopic (exact) mass is 207 g/mol. The number of nitrogens with zero attached hydrogens (tertiary/aromatic N) is 4.